The lowest BCUT2D eigenvalue weighted by Gasteiger charge is -2.26. The van der Waals surface area contributed by atoms with Crippen LogP contribution in [0.2, 0.25) is 0 Å². The summed E-state index contributed by atoms with van der Waals surface area (Å²) in [6.07, 6.45) is 2.66. The van der Waals surface area contributed by atoms with Crippen molar-refractivity contribution >= 4 is 37.1 Å². The topological polar surface area (TPSA) is 92.8 Å². The Morgan fingerprint density at radius 2 is 1.71 bits per heavy atom. The van der Waals surface area contributed by atoms with Crippen LogP contribution < -0.4 is 9.46 Å². The number of hydrogen-bond donors (Lipinski definition) is 1. The maximum absolute atomic E-state index is 12.9. The molecule has 3 rings (SSSR count). The maximum Gasteiger partial charge on any atom is 0.263 e. The van der Waals surface area contributed by atoms with E-state index in [1.54, 1.807) is 13.0 Å². The van der Waals surface area contributed by atoms with E-state index in [2.05, 4.69) is 4.72 Å². The van der Waals surface area contributed by atoms with Crippen LogP contribution in [0.4, 0.5) is 5.69 Å². The molecule has 0 saturated carbocycles. The van der Waals surface area contributed by atoms with Crippen molar-refractivity contribution in [3.8, 4) is 5.75 Å². The Hall–Kier alpha value is -1.62. The number of anilines is 1. The van der Waals surface area contributed by atoms with E-state index in [4.69, 9.17) is 4.74 Å². The fourth-order valence-electron chi connectivity index (χ4n) is 3.26. The quantitative estimate of drug-likeness (QED) is 0.738. The summed E-state index contributed by atoms with van der Waals surface area (Å²) in [6, 6.07) is 5.85. The molecular formula is C18H24N2O5S3. The van der Waals surface area contributed by atoms with Crippen LogP contribution in [0.5, 0.6) is 5.75 Å². The van der Waals surface area contributed by atoms with Crippen LogP contribution >= 0.6 is 11.3 Å². The minimum atomic E-state index is -3.87. The van der Waals surface area contributed by atoms with E-state index < -0.39 is 20.0 Å². The minimum Gasteiger partial charge on any atom is -0.495 e. The first-order chi connectivity index (χ1) is 13.1. The summed E-state index contributed by atoms with van der Waals surface area (Å²) >= 11 is 1.39. The molecule has 1 saturated heterocycles. The SMILES string of the molecule is COc1ccc(S(=O)(=O)N2CCCCC2)cc1NS(=O)(=O)c1cc(C)sc1C. The summed E-state index contributed by atoms with van der Waals surface area (Å²) in [4.78, 5) is 1.78. The van der Waals surface area contributed by atoms with Gasteiger partial charge in [-0.1, -0.05) is 6.42 Å². The summed E-state index contributed by atoms with van der Waals surface area (Å²) in [5.41, 5.74) is 0.101. The number of sulfonamides is 2. The number of nitrogens with zero attached hydrogens (tertiary/aromatic N) is 1. The molecule has 1 aromatic heterocycles. The van der Waals surface area contributed by atoms with Crippen molar-refractivity contribution in [3.05, 3.63) is 34.0 Å². The van der Waals surface area contributed by atoms with Crippen LogP contribution in [-0.4, -0.2) is 41.3 Å². The molecule has 2 heterocycles. The first-order valence-corrected chi connectivity index (χ1v) is 12.7. The van der Waals surface area contributed by atoms with E-state index in [1.165, 1.54) is 41.0 Å². The molecule has 10 heteroatoms. The lowest BCUT2D eigenvalue weighted by molar-refractivity contribution is 0.346. The number of ether oxygens (including phenoxy) is 1. The normalized spacial score (nSPS) is 16.1. The Bertz CT molecular complexity index is 1070. The average molecular weight is 445 g/mol. The maximum atomic E-state index is 12.9. The molecule has 0 radical (unpaired) electrons. The Kier molecular flexibility index (Phi) is 6.04. The van der Waals surface area contributed by atoms with Gasteiger partial charge in [0.1, 0.15) is 10.6 Å². The second-order valence-electron chi connectivity index (χ2n) is 6.71. The van der Waals surface area contributed by atoms with Crippen LogP contribution in [0.15, 0.2) is 34.1 Å². The zero-order chi connectivity index (χ0) is 20.5. The van der Waals surface area contributed by atoms with Gasteiger partial charge in [-0.2, -0.15) is 4.31 Å². The molecular weight excluding hydrogens is 420 g/mol. The van der Waals surface area contributed by atoms with Crippen LogP contribution in [0, 0.1) is 13.8 Å². The third-order valence-electron chi connectivity index (χ3n) is 4.65. The first kappa shape index (κ1) is 21.1. The van der Waals surface area contributed by atoms with Gasteiger partial charge < -0.3 is 4.74 Å². The Labute approximate surface area is 170 Å². The lowest BCUT2D eigenvalue weighted by Crippen LogP contribution is -2.35. The number of piperidine rings is 1. The fraction of sp³-hybridized carbons (Fsp3) is 0.444. The number of thiophene rings is 1. The molecule has 28 heavy (non-hydrogen) atoms. The Balaban J connectivity index is 1.99. The Morgan fingerprint density at radius 1 is 1.04 bits per heavy atom. The number of aryl methyl sites for hydroxylation is 2. The zero-order valence-electron chi connectivity index (χ0n) is 16.1. The second-order valence-corrected chi connectivity index (χ2v) is 11.8. The van der Waals surface area contributed by atoms with E-state index in [-0.39, 0.29) is 21.2 Å². The first-order valence-electron chi connectivity index (χ1n) is 8.93. The predicted octanol–water partition coefficient (Wildman–Crippen LogP) is 3.35. The molecule has 7 nitrogen and oxygen atoms in total. The molecule has 1 aliphatic rings. The molecule has 154 valence electrons. The number of rotatable bonds is 6. The van der Waals surface area contributed by atoms with Crippen LogP contribution in [0.1, 0.15) is 29.0 Å². The van der Waals surface area contributed by atoms with Gasteiger partial charge in [0.15, 0.2) is 0 Å². The molecule has 0 aliphatic carbocycles. The van der Waals surface area contributed by atoms with Crippen LogP contribution in [-0.2, 0) is 20.0 Å². The summed E-state index contributed by atoms with van der Waals surface area (Å²) in [5.74, 6) is 0.255. The molecule has 0 spiro atoms. The number of methoxy groups -OCH3 is 1. The minimum absolute atomic E-state index is 0.0473. The monoisotopic (exact) mass is 444 g/mol. The molecule has 1 aromatic carbocycles. The third-order valence-corrected chi connectivity index (χ3v) is 9.13. The molecule has 1 aliphatic heterocycles. The molecule has 1 fully saturated rings. The molecule has 2 aromatic rings. The van der Waals surface area contributed by atoms with Gasteiger partial charge >= 0.3 is 0 Å². The van der Waals surface area contributed by atoms with Gasteiger partial charge in [0, 0.05) is 22.8 Å². The van der Waals surface area contributed by atoms with Crippen molar-refractivity contribution in [2.75, 3.05) is 24.9 Å². The molecule has 0 amide bonds. The van der Waals surface area contributed by atoms with Gasteiger partial charge in [-0.25, -0.2) is 16.8 Å². The zero-order valence-corrected chi connectivity index (χ0v) is 18.5. The second kappa shape index (κ2) is 8.02. The van der Waals surface area contributed by atoms with E-state index in [1.807, 2.05) is 6.92 Å². The summed E-state index contributed by atoms with van der Waals surface area (Å²) in [6.45, 7) is 4.52. The molecule has 0 bridgehead atoms. The average Bonchev–Trinajstić information content (AvgIpc) is 3.01. The largest absolute Gasteiger partial charge is 0.495 e. The van der Waals surface area contributed by atoms with Gasteiger partial charge in [-0.15, -0.1) is 11.3 Å². The van der Waals surface area contributed by atoms with Gasteiger partial charge in [0.2, 0.25) is 10.0 Å². The van der Waals surface area contributed by atoms with Gasteiger partial charge in [-0.05, 0) is 51.0 Å². The van der Waals surface area contributed by atoms with E-state index in [9.17, 15) is 16.8 Å². The lowest BCUT2D eigenvalue weighted by atomic mass is 10.2. The fourth-order valence-corrected chi connectivity index (χ4v) is 7.42. The highest BCUT2D eigenvalue weighted by molar-refractivity contribution is 7.93. The highest BCUT2D eigenvalue weighted by atomic mass is 32.2. The number of hydrogen-bond acceptors (Lipinski definition) is 6. The van der Waals surface area contributed by atoms with Gasteiger partial charge in [0.25, 0.3) is 10.0 Å². The van der Waals surface area contributed by atoms with Crippen molar-refractivity contribution in [2.24, 2.45) is 0 Å². The van der Waals surface area contributed by atoms with E-state index in [0.717, 1.165) is 24.1 Å². The molecule has 0 atom stereocenters. The smallest absolute Gasteiger partial charge is 0.263 e. The van der Waals surface area contributed by atoms with Crippen molar-refractivity contribution < 1.29 is 21.6 Å². The summed E-state index contributed by atoms with van der Waals surface area (Å²) in [5, 5.41) is 0. The van der Waals surface area contributed by atoms with E-state index in [0.29, 0.717) is 18.0 Å². The highest BCUT2D eigenvalue weighted by Gasteiger charge is 2.28. The molecule has 0 unspecified atom stereocenters. The summed E-state index contributed by atoms with van der Waals surface area (Å²) in [7, 11) is -6.15. The Morgan fingerprint density at radius 3 is 2.29 bits per heavy atom. The third kappa shape index (κ3) is 4.19. The summed E-state index contributed by atoms with van der Waals surface area (Å²) < 4.78 is 60.8. The van der Waals surface area contributed by atoms with Crippen molar-refractivity contribution in [2.45, 2.75) is 42.9 Å². The number of benzene rings is 1. The van der Waals surface area contributed by atoms with Gasteiger partial charge in [0.05, 0.1) is 17.7 Å². The highest BCUT2D eigenvalue weighted by Crippen LogP contribution is 2.33. The van der Waals surface area contributed by atoms with Crippen molar-refractivity contribution in [1.82, 2.24) is 4.31 Å². The van der Waals surface area contributed by atoms with E-state index >= 15 is 0 Å². The standard InChI is InChI=1S/C18H24N2O5S3/c1-13-11-18(14(2)26-13)27(21,22)19-16-12-15(7-8-17(16)25-3)28(23,24)20-9-5-4-6-10-20/h7-8,11-12,19H,4-6,9-10H2,1-3H3. The van der Waals surface area contributed by atoms with Gasteiger partial charge in [-0.3, -0.25) is 4.72 Å². The predicted molar refractivity (Wildman–Crippen MR) is 110 cm³/mol. The molecule has 1 N–H and O–H groups in total. The van der Waals surface area contributed by atoms with Crippen LogP contribution in [0.25, 0.3) is 0 Å². The van der Waals surface area contributed by atoms with Crippen molar-refractivity contribution in [1.29, 1.82) is 0 Å². The number of nitrogens with one attached hydrogen (secondary N) is 1. The van der Waals surface area contributed by atoms with Crippen molar-refractivity contribution in [3.63, 3.8) is 0 Å². The van der Waals surface area contributed by atoms with Crippen LogP contribution in [0.3, 0.4) is 0 Å².